The quantitative estimate of drug-likeness (QED) is 0.730. The molecule has 0 radical (unpaired) electrons. The molecule has 2 atom stereocenters. The van der Waals surface area contributed by atoms with Crippen molar-refractivity contribution >= 4 is 5.91 Å². The van der Waals surface area contributed by atoms with Crippen LogP contribution in [0.5, 0.6) is 0 Å². The molecule has 2 unspecified atom stereocenters. The number of amides is 1. The Bertz CT molecular complexity index is 250. The van der Waals surface area contributed by atoms with Crippen molar-refractivity contribution in [3.05, 3.63) is 0 Å². The summed E-state index contributed by atoms with van der Waals surface area (Å²) in [5, 5.41) is 12.0. The van der Waals surface area contributed by atoms with Crippen LogP contribution in [0.3, 0.4) is 0 Å². The van der Waals surface area contributed by atoms with Crippen LogP contribution >= 0.6 is 0 Å². The van der Waals surface area contributed by atoms with Gasteiger partial charge in [-0.25, -0.2) is 0 Å². The first-order chi connectivity index (χ1) is 6.84. The molecule has 2 N–H and O–H groups in total. The van der Waals surface area contributed by atoms with Crippen molar-refractivity contribution in [2.24, 2.45) is 11.3 Å². The van der Waals surface area contributed by atoms with E-state index < -0.39 is 0 Å². The molecule has 3 heteroatoms. The Morgan fingerprint density at radius 2 is 2.13 bits per heavy atom. The molecule has 0 aromatic rings. The summed E-state index contributed by atoms with van der Waals surface area (Å²) in [5.74, 6) is 0.319. The number of rotatable bonds is 5. The van der Waals surface area contributed by atoms with E-state index in [0.717, 1.165) is 12.8 Å². The SMILES string of the molecule is CCC(C)(CCO)NC(=O)C1CC1(C)C. The van der Waals surface area contributed by atoms with Crippen LogP contribution in [0.1, 0.15) is 47.0 Å². The minimum absolute atomic E-state index is 0.124. The van der Waals surface area contributed by atoms with Crippen LogP contribution in [0, 0.1) is 11.3 Å². The van der Waals surface area contributed by atoms with Crippen LogP contribution in [0.25, 0.3) is 0 Å². The fourth-order valence-corrected chi connectivity index (χ4v) is 1.87. The van der Waals surface area contributed by atoms with Gasteiger partial charge in [-0.3, -0.25) is 4.79 Å². The molecule has 0 spiro atoms. The highest BCUT2D eigenvalue weighted by Gasteiger charge is 2.51. The van der Waals surface area contributed by atoms with E-state index in [0.29, 0.717) is 6.42 Å². The van der Waals surface area contributed by atoms with Gasteiger partial charge >= 0.3 is 0 Å². The minimum atomic E-state index is -0.246. The second-order valence-electron chi connectivity index (χ2n) is 5.62. The van der Waals surface area contributed by atoms with E-state index >= 15 is 0 Å². The number of hydrogen-bond donors (Lipinski definition) is 2. The van der Waals surface area contributed by atoms with Crippen molar-refractivity contribution in [2.75, 3.05) is 6.61 Å². The summed E-state index contributed by atoms with van der Waals surface area (Å²) in [6.07, 6.45) is 2.46. The molecule has 0 bridgehead atoms. The van der Waals surface area contributed by atoms with E-state index in [1.165, 1.54) is 0 Å². The van der Waals surface area contributed by atoms with E-state index in [4.69, 9.17) is 5.11 Å². The standard InChI is InChI=1S/C12H23NO2/c1-5-12(4,6-7-14)13-10(15)9-8-11(9,2)3/h9,14H,5-8H2,1-4H3,(H,13,15). The predicted molar refractivity (Wildman–Crippen MR) is 60.4 cm³/mol. The molecule has 3 nitrogen and oxygen atoms in total. The van der Waals surface area contributed by atoms with Gasteiger partial charge in [-0.15, -0.1) is 0 Å². The second-order valence-corrected chi connectivity index (χ2v) is 5.62. The summed E-state index contributed by atoms with van der Waals surface area (Å²) in [6, 6.07) is 0. The Morgan fingerprint density at radius 1 is 1.60 bits per heavy atom. The third-order valence-corrected chi connectivity index (χ3v) is 3.70. The number of carbonyl (C=O) groups is 1. The van der Waals surface area contributed by atoms with E-state index in [1.807, 2.05) is 13.8 Å². The lowest BCUT2D eigenvalue weighted by molar-refractivity contribution is -0.125. The fraction of sp³-hybridized carbons (Fsp3) is 0.917. The van der Waals surface area contributed by atoms with Gasteiger partial charge < -0.3 is 10.4 Å². The minimum Gasteiger partial charge on any atom is -0.396 e. The van der Waals surface area contributed by atoms with Crippen molar-refractivity contribution in [3.8, 4) is 0 Å². The first-order valence-electron chi connectivity index (χ1n) is 5.77. The number of aliphatic hydroxyl groups is 1. The third kappa shape index (κ3) is 2.94. The zero-order chi connectivity index (χ0) is 11.7. The van der Waals surface area contributed by atoms with Crippen molar-refractivity contribution in [1.82, 2.24) is 5.32 Å². The molecule has 1 fully saturated rings. The lowest BCUT2D eigenvalue weighted by Gasteiger charge is -2.29. The second kappa shape index (κ2) is 4.12. The Morgan fingerprint density at radius 3 is 2.47 bits per heavy atom. The van der Waals surface area contributed by atoms with Crippen LogP contribution in [0.2, 0.25) is 0 Å². The molecule has 0 aromatic carbocycles. The summed E-state index contributed by atoms with van der Waals surface area (Å²) in [5.41, 5.74) is -0.0670. The summed E-state index contributed by atoms with van der Waals surface area (Å²) in [4.78, 5) is 11.9. The largest absolute Gasteiger partial charge is 0.396 e. The number of hydrogen-bond acceptors (Lipinski definition) is 2. The molecular formula is C12H23NO2. The van der Waals surface area contributed by atoms with Gasteiger partial charge in [0.15, 0.2) is 0 Å². The van der Waals surface area contributed by atoms with Crippen molar-refractivity contribution in [1.29, 1.82) is 0 Å². The highest BCUT2D eigenvalue weighted by molar-refractivity contribution is 5.83. The highest BCUT2D eigenvalue weighted by Crippen LogP contribution is 2.51. The molecule has 1 amide bonds. The van der Waals surface area contributed by atoms with Crippen molar-refractivity contribution < 1.29 is 9.90 Å². The van der Waals surface area contributed by atoms with Crippen molar-refractivity contribution in [3.63, 3.8) is 0 Å². The number of carbonyl (C=O) groups excluding carboxylic acids is 1. The van der Waals surface area contributed by atoms with Gasteiger partial charge in [0.1, 0.15) is 0 Å². The van der Waals surface area contributed by atoms with Gasteiger partial charge in [0, 0.05) is 18.1 Å². The molecule has 0 aliphatic heterocycles. The van der Waals surface area contributed by atoms with Crippen LogP contribution in [-0.2, 0) is 4.79 Å². The van der Waals surface area contributed by atoms with Crippen LogP contribution in [0.15, 0.2) is 0 Å². The fourth-order valence-electron chi connectivity index (χ4n) is 1.87. The van der Waals surface area contributed by atoms with Gasteiger partial charge in [-0.2, -0.15) is 0 Å². The normalized spacial score (nSPS) is 26.9. The molecule has 0 aromatic heterocycles. The summed E-state index contributed by atoms with van der Waals surface area (Å²) in [6.45, 7) is 8.39. The lowest BCUT2D eigenvalue weighted by Crippen LogP contribution is -2.47. The van der Waals surface area contributed by atoms with E-state index in [9.17, 15) is 4.79 Å². The topological polar surface area (TPSA) is 49.3 Å². The maximum absolute atomic E-state index is 11.9. The molecule has 1 saturated carbocycles. The summed E-state index contributed by atoms with van der Waals surface area (Å²) < 4.78 is 0. The Labute approximate surface area is 92.3 Å². The molecule has 15 heavy (non-hydrogen) atoms. The average molecular weight is 213 g/mol. The molecule has 0 saturated heterocycles. The molecule has 1 aliphatic carbocycles. The molecular weight excluding hydrogens is 190 g/mol. The Balaban J connectivity index is 2.49. The molecule has 1 rings (SSSR count). The lowest BCUT2D eigenvalue weighted by atomic mass is 9.94. The maximum atomic E-state index is 11.9. The van der Waals surface area contributed by atoms with E-state index in [-0.39, 0.29) is 29.4 Å². The zero-order valence-electron chi connectivity index (χ0n) is 10.3. The predicted octanol–water partition coefficient (Wildman–Crippen LogP) is 1.70. The van der Waals surface area contributed by atoms with Gasteiger partial charge in [0.25, 0.3) is 0 Å². The number of nitrogens with one attached hydrogen (secondary N) is 1. The molecule has 88 valence electrons. The Hall–Kier alpha value is -0.570. The highest BCUT2D eigenvalue weighted by atomic mass is 16.3. The van der Waals surface area contributed by atoms with Gasteiger partial charge in [0.05, 0.1) is 0 Å². The van der Waals surface area contributed by atoms with Gasteiger partial charge in [-0.05, 0) is 31.6 Å². The first kappa shape index (κ1) is 12.5. The smallest absolute Gasteiger partial charge is 0.224 e. The first-order valence-corrected chi connectivity index (χ1v) is 5.77. The van der Waals surface area contributed by atoms with Crippen LogP contribution in [0.4, 0.5) is 0 Å². The zero-order valence-corrected chi connectivity index (χ0v) is 10.3. The monoisotopic (exact) mass is 213 g/mol. The van der Waals surface area contributed by atoms with Crippen molar-refractivity contribution in [2.45, 2.75) is 52.5 Å². The van der Waals surface area contributed by atoms with Crippen LogP contribution in [-0.4, -0.2) is 23.2 Å². The summed E-state index contributed by atoms with van der Waals surface area (Å²) in [7, 11) is 0. The van der Waals surface area contributed by atoms with Gasteiger partial charge in [0.2, 0.25) is 5.91 Å². The molecule has 0 heterocycles. The van der Waals surface area contributed by atoms with E-state index in [2.05, 4.69) is 19.2 Å². The maximum Gasteiger partial charge on any atom is 0.224 e. The third-order valence-electron chi connectivity index (χ3n) is 3.70. The number of aliphatic hydroxyl groups excluding tert-OH is 1. The average Bonchev–Trinajstić information content (AvgIpc) is 2.76. The van der Waals surface area contributed by atoms with Gasteiger partial charge in [-0.1, -0.05) is 20.8 Å². The van der Waals surface area contributed by atoms with E-state index in [1.54, 1.807) is 0 Å². The van der Waals surface area contributed by atoms with Crippen LogP contribution < -0.4 is 5.32 Å². The Kier molecular flexibility index (Phi) is 3.44. The summed E-state index contributed by atoms with van der Waals surface area (Å²) >= 11 is 0. The molecule has 1 aliphatic rings.